The average molecular weight is 559 g/mol. The first-order valence-corrected chi connectivity index (χ1v) is 12.7. The highest BCUT2D eigenvalue weighted by Crippen LogP contribution is 2.34. The molecule has 0 atom stereocenters. The van der Waals surface area contributed by atoms with E-state index in [0.717, 1.165) is 47.0 Å². The molecular weight excluding hydrogens is 532 g/mol. The van der Waals surface area contributed by atoms with E-state index in [0.29, 0.717) is 43.4 Å². The number of nitrogens with one attached hydrogen (secondary N) is 1. The number of aromatic nitrogens is 2. The molecule has 2 aromatic heterocycles. The lowest BCUT2D eigenvalue weighted by molar-refractivity contribution is -0.274. The first kappa shape index (κ1) is 27.5. The summed E-state index contributed by atoms with van der Waals surface area (Å²) in [6.45, 7) is 2.64. The molecule has 12 heteroatoms. The van der Waals surface area contributed by atoms with E-state index in [2.05, 4.69) is 19.9 Å². The van der Waals surface area contributed by atoms with E-state index in [4.69, 9.17) is 9.72 Å². The van der Waals surface area contributed by atoms with E-state index in [1.807, 2.05) is 6.07 Å². The predicted octanol–water partition coefficient (Wildman–Crippen LogP) is 5.29. The summed E-state index contributed by atoms with van der Waals surface area (Å²) in [6.07, 6.45) is 0.167. The van der Waals surface area contributed by atoms with E-state index in [-0.39, 0.29) is 18.2 Å². The number of carbonyl (C=O) groups is 1. The Hall–Kier alpha value is -4.03. The summed E-state index contributed by atoms with van der Waals surface area (Å²) < 4.78 is 60.5. The number of aromatic carboxylic acids is 1. The number of rotatable bonds is 11. The number of carboxylic acid groups (broad SMARTS) is 1. The van der Waals surface area contributed by atoms with Gasteiger partial charge in [-0.1, -0.05) is 6.07 Å². The van der Waals surface area contributed by atoms with Crippen molar-refractivity contribution >= 4 is 33.5 Å². The van der Waals surface area contributed by atoms with Crippen LogP contribution in [-0.2, 0) is 11.3 Å². The fraction of sp³-hybridized carbons (Fsp3) is 0.321. The maximum Gasteiger partial charge on any atom is 0.573 e. The highest BCUT2D eigenvalue weighted by molar-refractivity contribution is 6.11. The molecule has 2 aromatic carbocycles. The molecule has 0 radical (unpaired) electrons. The largest absolute Gasteiger partial charge is 0.573 e. The standard InChI is InChI=1S/C28H26F4N4O4/c29-19-9-17(10-20(12-19)40-28(30,31)32)13-33-6-1-2-8-39-21-15-36(16-21)26-23-5-7-34-14-24(23)22-4-3-18(27(37)38)11-25(22)35-26/h3-5,7,9-12,14,21,33H,1-2,6,8,13,15-16H2,(H,37,38). The van der Waals surface area contributed by atoms with Gasteiger partial charge in [0.05, 0.1) is 17.2 Å². The lowest BCUT2D eigenvalue weighted by Crippen LogP contribution is -2.52. The van der Waals surface area contributed by atoms with Gasteiger partial charge < -0.3 is 24.8 Å². The number of nitrogens with zero attached hydrogens (tertiary/aromatic N) is 3. The molecule has 5 rings (SSSR count). The van der Waals surface area contributed by atoms with Crippen LogP contribution in [0.1, 0.15) is 28.8 Å². The molecule has 0 aliphatic carbocycles. The van der Waals surface area contributed by atoms with Gasteiger partial charge in [-0.25, -0.2) is 14.2 Å². The minimum Gasteiger partial charge on any atom is -0.478 e. The van der Waals surface area contributed by atoms with Gasteiger partial charge in [0.25, 0.3) is 0 Å². The van der Waals surface area contributed by atoms with Crippen LogP contribution in [0.15, 0.2) is 54.9 Å². The predicted molar refractivity (Wildman–Crippen MR) is 140 cm³/mol. The Morgan fingerprint density at radius 3 is 2.67 bits per heavy atom. The van der Waals surface area contributed by atoms with Crippen LogP contribution in [0.2, 0.25) is 0 Å². The molecule has 40 heavy (non-hydrogen) atoms. The molecular formula is C28H26F4N4O4. The summed E-state index contributed by atoms with van der Waals surface area (Å²) in [4.78, 5) is 22.5. The maximum absolute atomic E-state index is 13.6. The van der Waals surface area contributed by atoms with Gasteiger partial charge in [0.2, 0.25) is 0 Å². The van der Waals surface area contributed by atoms with Gasteiger partial charge in [-0.2, -0.15) is 0 Å². The number of alkyl halides is 3. The van der Waals surface area contributed by atoms with Crippen LogP contribution in [0.3, 0.4) is 0 Å². The van der Waals surface area contributed by atoms with Crippen LogP contribution >= 0.6 is 0 Å². The van der Waals surface area contributed by atoms with Crippen LogP contribution in [0.5, 0.6) is 5.75 Å². The number of pyridine rings is 2. The number of ether oxygens (including phenoxy) is 2. The second kappa shape index (κ2) is 11.6. The minimum absolute atomic E-state index is 0.0343. The number of benzene rings is 2. The van der Waals surface area contributed by atoms with Gasteiger partial charge in [-0.05, 0) is 55.3 Å². The first-order valence-electron chi connectivity index (χ1n) is 12.7. The van der Waals surface area contributed by atoms with Crippen molar-refractivity contribution in [3.8, 4) is 5.75 Å². The summed E-state index contributed by atoms with van der Waals surface area (Å²) >= 11 is 0. The number of halogens is 4. The molecule has 2 N–H and O–H groups in total. The Morgan fingerprint density at radius 1 is 1.07 bits per heavy atom. The molecule has 8 nitrogen and oxygen atoms in total. The summed E-state index contributed by atoms with van der Waals surface area (Å²) in [5.41, 5.74) is 1.12. The van der Waals surface area contributed by atoms with Crippen LogP contribution in [-0.4, -0.2) is 59.8 Å². The molecule has 1 aliphatic rings. The SMILES string of the molecule is O=C(O)c1ccc2c(c1)nc(N1CC(OCCCCNCc3cc(F)cc(OC(F)(F)F)c3)C1)c1ccncc12. The topological polar surface area (TPSA) is 96.8 Å². The molecule has 0 saturated carbocycles. The van der Waals surface area contributed by atoms with Gasteiger partial charge in [-0.15, -0.1) is 13.2 Å². The minimum atomic E-state index is -4.88. The van der Waals surface area contributed by atoms with Crippen molar-refractivity contribution < 1.29 is 36.9 Å². The molecule has 0 bridgehead atoms. The molecule has 0 unspecified atom stereocenters. The first-order chi connectivity index (χ1) is 19.2. The van der Waals surface area contributed by atoms with E-state index in [9.17, 15) is 27.5 Å². The average Bonchev–Trinajstić information content (AvgIpc) is 2.87. The highest BCUT2D eigenvalue weighted by Gasteiger charge is 2.32. The number of hydrogen-bond donors (Lipinski definition) is 2. The molecule has 4 aromatic rings. The summed E-state index contributed by atoms with van der Waals surface area (Å²) in [5, 5.41) is 15.1. The molecule has 1 saturated heterocycles. The van der Waals surface area contributed by atoms with Crippen LogP contribution in [0, 0.1) is 5.82 Å². The molecule has 1 fully saturated rings. The van der Waals surface area contributed by atoms with E-state index < -0.39 is 23.9 Å². The third-order valence-electron chi connectivity index (χ3n) is 6.57. The van der Waals surface area contributed by atoms with Gasteiger partial charge in [0, 0.05) is 60.9 Å². The van der Waals surface area contributed by atoms with Crippen molar-refractivity contribution in [3.63, 3.8) is 0 Å². The number of fused-ring (bicyclic) bond motifs is 3. The Kier molecular flexibility index (Phi) is 7.99. The zero-order valence-corrected chi connectivity index (χ0v) is 21.2. The van der Waals surface area contributed by atoms with Crippen molar-refractivity contribution in [3.05, 3.63) is 71.8 Å². The number of anilines is 1. The zero-order chi connectivity index (χ0) is 28.3. The lowest BCUT2D eigenvalue weighted by atomic mass is 10.0. The smallest absolute Gasteiger partial charge is 0.478 e. The number of unbranched alkanes of at least 4 members (excludes halogenated alkanes) is 1. The monoisotopic (exact) mass is 558 g/mol. The molecule has 0 spiro atoms. The molecule has 210 valence electrons. The van der Waals surface area contributed by atoms with Gasteiger partial charge in [0.15, 0.2) is 0 Å². The molecule has 1 aliphatic heterocycles. The third kappa shape index (κ3) is 6.57. The Bertz CT molecular complexity index is 1530. The second-order valence-corrected chi connectivity index (χ2v) is 9.52. The van der Waals surface area contributed by atoms with E-state index in [1.54, 1.807) is 30.6 Å². The van der Waals surface area contributed by atoms with E-state index >= 15 is 0 Å². The maximum atomic E-state index is 13.6. The van der Waals surface area contributed by atoms with Gasteiger partial charge in [0.1, 0.15) is 17.4 Å². The Labute approximate surface area is 226 Å². The van der Waals surface area contributed by atoms with Gasteiger partial charge >= 0.3 is 12.3 Å². The normalized spacial score (nSPS) is 14.1. The van der Waals surface area contributed by atoms with Crippen molar-refractivity contribution in [2.75, 3.05) is 31.1 Å². The van der Waals surface area contributed by atoms with Crippen molar-refractivity contribution in [1.82, 2.24) is 15.3 Å². The van der Waals surface area contributed by atoms with Crippen LogP contribution in [0.25, 0.3) is 21.7 Å². The summed E-state index contributed by atoms with van der Waals surface area (Å²) in [5.74, 6) is -1.63. The Balaban J connectivity index is 1.07. The highest BCUT2D eigenvalue weighted by atomic mass is 19.4. The zero-order valence-electron chi connectivity index (χ0n) is 21.2. The lowest BCUT2D eigenvalue weighted by Gasteiger charge is -2.40. The number of carboxylic acids is 1. The summed E-state index contributed by atoms with van der Waals surface area (Å²) in [6, 6.07) is 9.80. The van der Waals surface area contributed by atoms with Crippen molar-refractivity contribution in [1.29, 1.82) is 0 Å². The summed E-state index contributed by atoms with van der Waals surface area (Å²) in [7, 11) is 0. The second-order valence-electron chi connectivity index (χ2n) is 9.52. The van der Waals surface area contributed by atoms with Gasteiger partial charge in [-0.3, -0.25) is 4.98 Å². The quantitative estimate of drug-likeness (QED) is 0.146. The van der Waals surface area contributed by atoms with Crippen LogP contribution < -0.4 is 15.0 Å². The molecule has 0 amide bonds. The van der Waals surface area contributed by atoms with Crippen molar-refractivity contribution in [2.24, 2.45) is 0 Å². The van der Waals surface area contributed by atoms with Crippen LogP contribution in [0.4, 0.5) is 23.4 Å². The fourth-order valence-corrected chi connectivity index (χ4v) is 4.67. The fourth-order valence-electron chi connectivity index (χ4n) is 4.67. The Morgan fingerprint density at radius 2 is 1.90 bits per heavy atom. The third-order valence-corrected chi connectivity index (χ3v) is 6.57. The molecule has 3 heterocycles. The van der Waals surface area contributed by atoms with Crippen molar-refractivity contribution in [2.45, 2.75) is 31.9 Å². The van der Waals surface area contributed by atoms with E-state index in [1.165, 1.54) is 0 Å². The number of hydrogen-bond acceptors (Lipinski definition) is 7.